The van der Waals surface area contributed by atoms with E-state index in [0.29, 0.717) is 12.4 Å². The molecule has 0 atom stereocenters. The van der Waals surface area contributed by atoms with E-state index >= 15 is 0 Å². The third kappa shape index (κ3) is 6.41. The third-order valence-corrected chi connectivity index (χ3v) is 1.72. The van der Waals surface area contributed by atoms with Gasteiger partial charge in [0.2, 0.25) is 0 Å². The maximum atomic E-state index is 9.19. The minimum atomic E-state index is -3.67. The zero-order valence-electron chi connectivity index (χ0n) is 8.30. The van der Waals surface area contributed by atoms with E-state index in [9.17, 15) is 8.42 Å². The molecular weight excluding hydrogens is 192 g/mol. The molecule has 0 aromatic heterocycles. The standard InChI is InChI=1S/C6H12N2.CH4O3S/c1-6-7(2)4-5-8(6)3;1-5(2,3)4/h4-6H,1-3H3;1H3,(H,2,3,4). The lowest BCUT2D eigenvalue weighted by molar-refractivity contribution is 0.226. The highest BCUT2D eigenvalue weighted by Gasteiger charge is 2.12. The van der Waals surface area contributed by atoms with E-state index in [1.54, 1.807) is 0 Å². The van der Waals surface area contributed by atoms with Crippen molar-refractivity contribution in [1.29, 1.82) is 0 Å². The summed E-state index contributed by atoms with van der Waals surface area (Å²) in [6.07, 6.45) is 5.40. The Morgan fingerprint density at radius 1 is 1.23 bits per heavy atom. The second-order valence-corrected chi connectivity index (χ2v) is 4.46. The Hall–Kier alpha value is -0.750. The summed E-state index contributed by atoms with van der Waals surface area (Å²) in [4.78, 5) is 4.33. The minimum Gasteiger partial charge on any atom is -0.359 e. The molecule has 1 aliphatic heterocycles. The fourth-order valence-electron chi connectivity index (χ4n) is 0.747. The van der Waals surface area contributed by atoms with Gasteiger partial charge in [-0.1, -0.05) is 0 Å². The highest BCUT2D eigenvalue weighted by atomic mass is 32.2. The highest BCUT2D eigenvalue weighted by Crippen LogP contribution is 2.08. The molecule has 1 aliphatic rings. The number of nitrogens with zero attached hydrogens (tertiary/aromatic N) is 2. The summed E-state index contributed by atoms with van der Waals surface area (Å²) < 4.78 is 25.9. The molecule has 0 saturated heterocycles. The van der Waals surface area contributed by atoms with Crippen molar-refractivity contribution in [2.75, 3.05) is 20.4 Å². The molecule has 0 fully saturated rings. The van der Waals surface area contributed by atoms with Gasteiger partial charge in [-0.2, -0.15) is 8.42 Å². The maximum Gasteiger partial charge on any atom is 0.261 e. The number of hydrogen-bond donors (Lipinski definition) is 1. The molecule has 13 heavy (non-hydrogen) atoms. The van der Waals surface area contributed by atoms with Crippen LogP contribution in [0.25, 0.3) is 0 Å². The van der Waals surface area contributed by atoms with Crippen LogP contribution in [0, 0.1) is 0 Å². The molecule has 6 heteroatoms. The predicted octanol–water partition coefficient (Wildman–Crippen LogP) is 0.185. The molecule has 0 aromatic rings. The first-order valence-corrected chi connectivity index (χ1v) is 5.61. The quantitative estimate of drug-likeness (QED) is 0.576. The van der Waals surface area contributed by atoms with Gasteiger partial charge in [-0.05, 0) is 6.92 Å². The molecule has 1 heterocycles. The molecule has 0 unspecified atom stereocenters. The van der Waals surface area contributed by atoms with Crippen LogP contribution in [0.1, 0.15) is 6.92 Å². The molecule has 0 aliphatic carbocycles. The van der Waals surface area contributed by atoms with Crippen molar-refractivity contribution in [3.63, 3.8) is 0 Å². The van der Waals surface area contributed by atoms with Gasteiger partial charge in [0.1, 0.15) is 0 Å². The largest absolute Gasteiger partial charge is 0.359 e. The van der Waals surface area contributed by atoms with Gasteiger partial charge in [0.15, 0.2) is 0 Å². The lowest BCUT2D eigenvalue weighted by Crippen LogP contribution is -2.30. The summed E-state index contributed by atoms with van der Waals surface area (Å²) in [5.41, 5.74) is 0. The Morgan fingerprint density at radius 3 is 1.54 bits per heavy atom. The Balaban J connectivity index is 0.000000252. The molecule has 1 rings (SSSR count). The van der Waals surface area contributed by atoms with Gasteiger partial charge in [-0.15, -0.1) is 0 Å². The van der Waals surface area contributed by atoms with Crippen molar-refractivity contribution in [1.82, 2.24) is 9.80 Å². The Morgan fingerprint density at radius 2 is 1.46 bits per heavy atom. The average molecular weight is 208 g/mol. The predicted molar refractivity (Wildman–Crippen MR) is 51.6 cm³/mol. The molecular formula is C7H16N2O3S. The van der Waals surface area contributed by atoms with Crippen LogP contribution >= 0.6 is 0 Å². The van der Waals surface area contributed by atoms with Gasteiger partial charge in [0.05, 0.1) is 12.4 Å². The van der Waals surface area contributed by atoms with Crippen LogP contribution in [0.4, 0.5) is 0 Å². The van der Waals surface area contributed by atoms with Gasteiger partial charge >= 0.3 is 0 Å². The van der Waals surface area contributed by atoms with Crippen molar-refractivity contribution in [2.24, 2.45) is 0 Å². The van der Waals surface area contributed by atoms with Crippen LogP contribution in [-0.2, 0) is 10.1 Å². The van der Waals surface area contributed by atoms with Gasteiger partial charge in [-0.25, -0.2) is 0 Å². The molecule has 0 aromatic carbocycles. The molecule has 0 saturated carbocycles. The number of rotatable bonds is 0. The second kappa shape index (κ2) is 4.48. The lowest BCUT2D eigenvalue weighted by Gasteiger charge is -2.22. The van der Waals surface area contributed by atoms with Crippen molar-refractivity contribution in [2.45, 2.75) is 13.1 Å². The third-order valence-electron chi connectivity index (χ3n) is 1.72. The van der Waals surface area contributed by atoms with Gasteiger partial charge in [0, 0.05) is 26.5 Å². The minimum absolute atomic E-state index is 0.537. The smallest absolute Gasteiger partial charge is 0.261 e. The fraction of sp³-hybridized carbons (Fsp3) is 0.714. The molecule has 5 nitrogen and oxygen atoms in total. The summed E-state index contributed by atoms with van der Waals surface area (Å²) >= 11 is 0. The van der Waals surface area contributed by atoms with E-state index in [4.69, 9.17) is 4.55 Å². The van der Waals surface area contributed by atoms with Crippen LogP contribution < -0.4 is 0 Å². The Bertz CT molecular complexity index is 253. The van der Waals surface area contributed by atoms with E-state index in [0.717, 1.165) is 0 Å². The normalized spacial score (nSPS) is 17.3. The SMILES string of the molecule is CC1N(C)C=CN1C.CS(=O)(=O)O. The van der Waals surface area contributed by atoms with Crippen molar-refractivity contribution in [3.8, 4) is 0 Å². The summed E-state index contributed by atoms with van der Waals surface area (Å²) in [7, 11) is 0.481. The van der Waals surface area contributed by atoms with Crippen LogP contribution in [0.2, 0.25) is 0 Å². The van der Waals surface area contributed by atoms with E-state index in [1.165, 1.54) is 0 Å². The molecule has 78 valence electrons. The molecule has 0 radical (unpaired) electrons. The van der Waals surface area contributed by atoms with Gasteiger partial charge in [-0.3, -0.25) is 4.55 Å². The molecule has 0 spiro atoms. The van der Waals surface area contributed by atoms with Crippen LogP contribution in [0.3, 0.4) is 0 Å². The lowest BCUT2D eigenvalue weighted by atomic mass is 10.5. The van der Waals surface area contributed by atoms with Crippen LogP contribution in [0.5, 0.6) is 0 Å². The first-order valence-electron chi connectivity index (χ1n) is 3.76. The van der Waals surface area contributed by atoms with Gasteiger partial charge < -0.3 is 9.80 Å². The summed E-state index contributed by atoms with van der Waals surface area (Å²) in [5.74, 6) is 0. The summed E-state index contributed by atoms with van der Waals surface area (Å²) in [6, 6.07) is 0. The van der Waals surface area contributed by atoms with E-state index in [1.807, 2.05) is 0 Å². The van der Waals surface area contributed by atoms with Gasteiger partial charge in [0.25, 0.3) is 10.1 Å². The topological polar surface area (TPSA) is 60.9 Å². The second-order valence-electron chi connectivity index (χ2n) is 2.99. The average Bonchev–Trinajstić information content (AvgIpc) is 2.16. The Labute approximate surface area is 79.4 Å². The van der Waals surface area contributed by atoms with E-state index < -0.39 is 10.1 Å². The molecule has 1 N–H and O–H groups in total. The Kier molecular flexibility index (Phi) is 4.22. The van der Waals surface area contributed by atoms with Crippen molar-refractivity contribution in [3.05, 3.63) is 12.4 Å². The first kappa shape index (κ1) is 12.2. The summed E-state index contributed by atoms with van der Waals surface area (Å²) in [6.45, 7) is 2.17. The van der Waals surface area contributed by atoms with E-state index in [-0.39, 0.29) is 0 Å². The molecule has 0 bridgehead atoms. The van der Waals surface area contributed by atoms with Crippen molar-refractivity contribution < 1.29 is 13.0 Å². The first-order chi connectivity index (χ1) is 5.72. The maximum absolute atomic E-state index is 9.19. The zero-order chi connectivity index (χ0) is 10.6. The monoisotopic (exact) mass is 208 g/mol. The number of hydrogen-bond acceptors (Lipinski definition) is 4. The summed E-state index contributed by atoms with van der Waals surface area (Å²) in [5, 5.41) is 0. The highest BCUT2D eigenvalue weighted by molar-refractivity contribution is 7.85. The van der Waals surface area contributed by atoms with Crippen LogP contribution in [0.15, 0.2) is 12.4 Å². The molecule has 0 amide bonds. The fourth-order valence-corrected chi connectivity index (χ4v) is 0.747. The van der Waals surface area contributed by atoms with Crippen molar-refractivity contribution >= 4 is 10.1 Å². The zero-order valence-corrected chi connectivity index (χ0v) is 9.11. The van der Waals surface area contributed by atoms with Crippen LogP contribution in [-0.4, -0.2) is 49.3 Å². The van der Waals surface area contributed by atoms with E-state index in [2.05, 4.69) is 43.2 Å².